The molecule has 1 amide bonds. The third kappa shape index (κ3) is 7.36. The van der Waals surface area contributed by atoms with Gasteiger partial charge in [-0.3, -0.25) is 0 Å². The van der Waals surface area contributed by atoms with E-state index >= 15 is 0 Å². The number of para-hydroxylation sites is 1. The summed E-state index contributed by atoms with van der Waals surface area (Å²) in [6.07, 6.45) is 1.40. The monoisotopic (exact) mass is 501 g/mol. The van der Waals surface area contributed by atoms with E-state index in [9.17, 15) is 4.79 Å². The van der Waals surface area contributed by atoms with E-state index in [1.54, 1.807) is 11.3 Å². The summed E-state index contributed by atoms with van der Waals surface area (Å²) in [5.74, 6) is 0. The number of halogens is 1. The maximum absolute atomic E-state index is 11.8. The molecule has 0 radical (unpaired) electrons. The number of rotatable bonds is 7. The van der Waals surface area contributed by atoms with Crippen molar-refractivity contribution in [2.45, 2.75) is 45.8 Å². The van der Waals surface area contributed by atoms with Crippen molar-refractivity contribution in [3.8, 4) is 11.3 Å². The van der Waals surface area contributed by atoms with Crippen LogP contribution < -0.4 is 10.1 Å². The standard InChI is InChI=1S/C24H28BrN3O2S/c1-24(2,3)30-23(29)26-15-7-8-16-28-21(18-11-13-19(25)14-12-18)17-31-22(28)27-20-9-5-4-6-10-20/h4-6,9-14,17H,7-8,15-16H2,1-3H3,(H,26,29). The van der Waals surface area contributed by atoms with Gasteiger partial charge in [0.2, 0.25) is 0 Å². The van der Waals surface area contributed by atoms with Gasteiger partial charge in [-0.05, 0) is 63.4 Å². The highest BCUT2D eigenvalue weighted by Crippen LogP contribution is 2.23. The smallest absolute Gasteiger partial charge is 0.407 e. The zero-order valence-corrected chi connectivity index (χ0v) is 20.5. The fourth-order valence-electron chi connectivity index (χ4n) is 3.00. The van der Waals surface area contributed by atoms with E-state index in [0.29, 0.717) is 6.54 Å². The lowest BCUT2D eigenvalue weighted by Crippen LogP contribution is -2.33. The molecule has 0 unspecified atom stereocenters. The van der Waals surface area contributed by atoms with Crippen LogP contribution in [0, 0.1) is 0 Å². The van der Waals surface area contributed by atoms with E-state index in [1.807, 2.05) is 51.1 Å². The summed E-state index contributed by atoms with van der Waals surface area (Å²) in [5, 5.41) is 4.99. The van der Waals surface area contributed by atoms with Crippen LogP contribution in [0.4, 0.5) is 10.5 Å². The first-order valence-corrected chi connectivity index (χ1v) is 12.0. The van der Waals surface area contributed by atoms with Gasteiger partial charge in [0.25, 0.3) is 0 Å². The van der Waals surface area contributed by atoms with Gasteiger partial charge in [0.15, 0.2) is 4.80 Å². The van der Waals surface area contributed by atoms with E-state index in [2.05, 4.69) is 55.5 Å². The molecule has 0 saturated heterocycles. The van der Waals surface area contributed by atoms with Gasteiger partial charge in [-0.25, -0.2) is 9.79 Å². The number of ether oxygens (including phenoxy) is 1. The third-order valence-electron chi connectivity index (χ3n) is 4.40. The quantitative estimate of drug-likeness (QED) is 0.374. The minimum Gasteiger partial charge on any atom is -0.444 e. The summed E-state index contributed by atoms with van der Waals surface area (Å²) >= 11 is 5.15. The van der Waals surface area contributed by atoms with Crippen LogP contribution in [0.3, 0.4) is 0 Å². The number of thiazole rings is 1. The number of unbranched alkanes of at least 4 members (excludes halogenated alkanes) is 1. The van der Waals surface area contributed by atoms with E-state index in [4.69, 9.17) is 9.73 Å². The molecule has 1 N–H and O–H groups in total. The van der Waals surface area contributed by atoms with E-state index in [1.165, 1.54) is 0 Å². The zero-order valence-electron chi connectivity index (χ0n) is 18.1. The fourth-order valence-corrected chi connectivity index (χ4v) is 4.22. The fraction of sp³-hybridized carbons (Fsp3) is 0.333. The molecule has 0 saturated carbocycles. The van der Waals surface area contributed by atoms with Crippen molar-refractivity contribution in [1.82, 2.24) is 9.88 Å². The van der Waals surface area contributed by atoms with Crippen molar-refractivity contribution < 1.29 is 9.53 Å². The number of aromatic nitrogens is 1. The molecule has 0 fully saturated rings. The van der Waals surface area contributed by atoms with Gasteiger partial charge >= 0.3 is 6.09 Å². The summed E-state index contributed by atoms with van der Waals surface area (Å²) in [6.45, 7) is 6.98. The summed E-state index contributed by atoms with van der Waals surface area (Å²) < 4.78 is 8.60. The van der Waals surface area contributed by atoms with Crippen molar-refractivity contribution in [3.63, 3.8) is 0 Å². The van der Waals surface area contributed by atoms with Crippen molar-refractivity contribution in [3.05, 3.63) is 69.3 Å². The summed E-state index contributed by atoms with van der Waals surface area (Å²) in [6, 6.07) is 18.3. The zero-order chi connectivity index (χ0) is 22.3. The topological polar surface area (TPSA) is 55.6 Å². The highest BCUT2D eigenvalue weighted by Gasteiger charge is 2.15. The Morgan fingerprint density at radius 2 is 1.81 bits per heavy atom. The minimum absolute atomic E-state index is 0.369. The number of carbonyl (C=O) groups is 1. The molecule has 0 atom stereocenters. The number of hydrogen-bond donors (Lipinski definition) is 1. The Morgan fingerprint density at radius 3 is 2.48 bits per heavy atom. The molecule has 3 aromatic rings. The molecule has 0 aliphatic rings. The van der Waals surface area contributed by atoms with Crippen LogP contribution in [0.25, 0.3) is 11.3 Å². The summed E-state index contributed by atoms with van der Waals surface area (Å²) in [4.78, 5) is 17.6. The number of alkyl carbamates (subject to hydrolysis) is 1. The lowest BCUT2D eigenvalue weighted by molar-refractivity contribution is 0.0527. The van der Waals surface area contributed by atoms with Gasteiger partial charge in [0.05, 0.1) is 11.4 Å². The molecule has 31 heavy (non-hydrogen) atoms. The van der Waals surface area contributed by atoms with Crippen LogP contribution >= 0.6 is 27.3 Å². The molecule has 0 aliphatic carbocycles. The maximum atomic E-state index is 11.8. The minimum atomic E-state index is -0.482. The number of nitrogens with zero attached hydrogens (tertiary/aromatic N) is 2. The Morgan fingerprint density at radius 1 is 1.10 bits per heavy atom. The van der Waals surface area contributed by atoms with Crippen molar-refractivity contribution in [2.75, 3.05) is 6.54 Å². The molecule has 164 valence electrons. The molecule has 1 heterocycles. The first-order chi connectivity index (χ1) is 14.8. The number of benzene rings is 2. The first kappa shape index (κ1) is 23.3. The SMILES string of the molecule is CC(C)(C)OC(=O)NCCCCn1c(-c2ccc(Br)cc2)csc1=Nc1ccccc1. The first-order valence-electron chi connectivity index (χ1n) is 10.3. The molecule has 2 aromatic carbocycles. The molecule has 7 heteroatoms. The van der Waals surface area contributed by atoms with Crippen LogP contribution in [-0.2, 0) is 11.3 Å². The molecule has 0 spiro atoms. The van der Waals surface area contributed by atoms with E-state index in [0.717, 1.165) is 45.6 Å². The van der Waals surface area contributed by atoms with Crippen LogP contribution in [0.15, 0.2) is 69.4 Å². The summed E-state index contributed by atoms with van der Waals surface area (Å²) in [5.41, 5.74) is 2.75. The molecule has 0 aliphatic heterocycles. The average molecular weight is 502 g/mol. The van der Waals surface area contributed by atoms with E-state index in [-0.39, 0.29) is 6.09 Å². The third-order valence-corrected chi connectivity index (χ3v) is 5.79. The Balaban J connectivity index is 1.72. The normalized spacial score (nSPS) is 12.1. The van der Waals surface area contributed by atoms with Gasteiger partial charge in [-0.2, -0.15) is 0 Å². The van der Waals surface area contributed by atoms with Gasteiger partial charge in [-0.1, -0.05) is 46.3 Å². The van der Waals surface area contributed by atoms with Crippen LogP contribution in [0.1, 0.15) is 33.6 Å². The Labute approximate surface area is 195 Å². The second-order valence-corrected chi connectivity index (χ2v) is 9.90. The molecular formula is C24H28BrN3O2S. The Bertz CT molecular complexity index is 1050. The molecule has 3 rings (SSSR count). The predicted octanol–water partition coefficient (Wildman–Crippen LogP) is 6.52. The van der Waals surface area contributed by atoms with E-state index < -0.39 is 5.60 Å². The Kier molecular flexibility index (Phi) is 8.09. The van der Waals surface area contributed by atoms with Crippen molar-refractivity contribution in [2.24, 2.45) is 4.99 Å². The molecule has 5 nitrogen and oxygen atoms in total. The number of hydrogen-bond acceptors (Lipinski definition) is 4. The predicted molar refractivity (Wildman–Crippen MR) is 131 cm³/mol. The highest BCUT2D eigenvalue weighted by molar-refractivity contribution is 9.10. The van der Waals surface area contributed by atoms with Gasteiger partial charge < -0.3 is 14.6 Å². The summed E-state index contributed by atoms with van der Waals surface area (Å²) in [7, 11) is 0. The van der Waals surface area contributed by atoms with Crippen molar-refractivity contribution in [1.29, 1.82) is 0 Å². The van der Waals surface area contributed by atoms with Crippen molar-refractivity contribution >= 4 is 39.0 Å². The maximum Gasteiger partial charge on any atom is 0.407 e. The Hall–Kier alpha value is -2.38. The molecular weight excluding hydrogens is 474 g/mol. The second kappa shape index (κ2) is 10.8. The largest absolute Gasteiger partial charge is 0.444 e. The van der Waals surface area contributed by atoms with Crippen LogP contribution in [0.2, 0.25) is 0 Å². The highest BCUT2D eigenvalue weighted by atomic mass is 79.9. The number of carbonyl (C=O) groups excluding carboxylic acids is 1. The van der Waals surface area contributed by atoms with Crippen LogP contribution in [-0.4, -0.2) is 22.8 Å². The van der Waals surface area contributed by atoms with Crippen LogP contribution in [0.5, 0.6) is 0 Å². The number of nitrogens with one attached hydrogen (secondary N) is 1. The second-order valence-electron chi connectivity index (χ2n) is 8.15. The molecule has 1 aromatic heterocycles. The lowest BCUT2D eigenvalue weighted by atomic mass is 10.1. The van der Waals surface area contributed by atoms with Gasteiger partial charge in [0.1, 0.15) is 5.60 Å². The molecule has 0 bridgehead atoms. The van der Waals surface area contributed by atoms with Gasteiger partial charge in [0, 0.05) is 22.9 Å². The van der Waals surface area contributed by atoms with Gasteiger partial charge in [-0.15, -0.1) is 11.3 Å². The average Bonchev–Trinajstić information content (AvgIpc) is 3.10. The number of amides is 1. The lowest BCUT2D eigenvalue weighted by Gasteiger charge is -2.19.